The zero-order chi connectivity index (χ0) is 10.7. The monoisotopic (exact) mass is 206 g/mol. The van der Waals surface area contributed by atoms with Gasteiger partial charge in [0, 0.05) is 0 Å². The van der Waals surface area contributed by atoms with Crippen LogP contribution in [-0.4, -0.2) is 26.0 Å². The third-order valence-electron chi connectivity index (χ3n) is 2.89. The van der Waals surface area contributed by atoms with Crippen LogP contribution in [0.25, 0.3) is 0 Å². The fourth-order valence-corrected chi connectivity index (χ4v) is 2.06. The zero-order valence-electron chi connectivity index (χ0n) is 8.50. The van der Waals surface area contributed by atoms with Crippen molar-refractivity contribution < 1.29 is 5.11 Å². The van der Waals surface area contributed by atoms with Crippen LogP contribution in [0.3, 0.4) is 0 Å². The van der Waals surface area contributed by atoms with Gasteiger partial charge in [0.05, 0.1) is 12.1 Å². The first-order valence-electron chi connectivity index (χ1n) is 5.30. The van der Waals surface area contributed by atoms with E-state index in [-0.39, 0.29) is 18.0 Å². The van der Waals surface area contributed by atoms with Gasteiger partial charge in [-0.25, -0.2) is 9.67 Å². The summed E-state index contributed by atoms with van der Waals surface area (Å²) in [7, 11) is 0. The summed E-state index contributed by atoms with van der Waals surface area (Å²) in [6, 6.07) is 1.88. The predicted molar refractivity (Wildman–Crippen MR) is 52.9 cm³/mol. The Morgan fingerprint density at radius 2 is 2.20 bits per heavy atom. The molecule has 0 saturated heterocycles. The van der Waals surface area contributed by atoms with Crippen molar-refractivity contribution in [2.45, 2.75) is 44.2 Å². The summed E-state index contributed by atoms with van der Waals surface area (Å²) in [5.74, 6) is 0.173. The Bertz CT molecular complexity index is 368. The average Bonchev–Trinajstić information content (AvgIpc) is 2.62. The van der Waals surface area contributed by atoms with E-state index in [2.05, 4.69) is 10.1 Å². The first-order chi connectivity index (χ1) is 7.31. The molecule has 0 radical (unpaired) electrons. The van der Waals surface area contributed by atoms with Gasteiger partial charge in [-0.2, -0.15) is 5.26 Å². The Morgan fingerprint density at radius 1 is 1.40 bits per heavy atom. The number of aliphatic hydroxyl groups excluding tert-OH is 1. The lowest BCUT2D eigenvalue weighted by atomic mass is 10.1. The molecule has 1 aliphatic rings. The fourth-order valence-electron chi connectivity index (χ4n) is 2.06. The van der Waals surface area contributed by atoms with Gasteiger partial charge in [-0.15, -0.1) is 5.10 Å². The summed E-state index contributed by atoms with van der Waals surface area (Å²) in [5, 5.41) is 22.6. The zero-order valence-corrected chi connectivity index (χ0v) is 8.50. The minimum atomic E-state index is -0.360. The molecule has 15 heavy (non-hydrogen) atoms. The Morgan fingerprint density at radius 3 is 2.93 bits per heavy atom. The van der Waals surface area contributed by atoms with E-state index in [9.17, 15) is 5.11 Å². The Hall–Kier alpha value is -1.41. The number of hydrogen-bond acceptors (Lipinski definition) is 4. The summed E-state index contributed by atoms with van der Waals surface area (Å²) < 4.78 is 1.63. The molecule has 0 spiro atoms. The van der Waals surface area contributed by atoms with Gasteiger partial charge in [0.15, 0.2) is 0 Å². The van der Waals surface area contributed by atoms with E-state index in [1.807, 2.05) is 6.07 Å². The topological polar surface area (TPSA) is 74.7 Å². The highest BCUT2D eigenvalue weighted by Gasteiger charge is 2.24. The molecular weight excluding hydrogens is 192 g/mol. The second-order valence-corrected chi connectivity index (χ2v) is 3.93. The molecule has 0 bridgehead atoms. The number of aromatic nitrogens is 3. The van der Waals surface area contributed by atoms with Crippen molar-refractivity contribution in [3.8, 4) is 6.07 Å². The van der Waals surface area contributed by atoms with Crippen molar-refractivity contribution in [2.24, 2.45) is 0 Å². The van der Waals surface area contributed by atoms with E-state index in [1.165, 1.54) is 6.33 Å². The maximum atomic E-state index is 9.91. The largest absolute Gasteiger partial charge is 0.391 e. The van der Waals surface area contributed by atoms with Gasteiger partial charge in [0.25, 0.3) is 5.82 Å². The number of nitrogens with zero attached hydrogens (tertiary/aromatic N) is 4. The minimum absolute atomic E-state index is 0.0119. The van der Waals surface area contributed by atoms with Crippen LogP contribution in [0, 0.1) is 11.3 Å². The third kappa shape index (κ3) is 2.16. The van der Waals surface area contributed by atoms with E-state index < -0.39 is 0 Å². The van der Waals surface area contributed by atoms with Crippen LogP contribution >= 0.6 is 0 Å². The minimum Gasteiger partial charge on any atom is -0.391 e. The van der Waals surface area contributed by atoms with Gasteiger partial charge in [-0.3, -0.25) is 0 Å². The summed E-state index contributed by atoms with van der Waals surface area (Å²) in [6.07, 6.45) is 6.23. The van der Waals surface area contributed by atoms with Crippen LogP contribution in [0.2, 0.25) is 0 Å². The standard InChI is InChI=1S/C10H14N4O/c11-6-10-12-7-14(13-10)8-4-2-1-3-5-9(8)15/h7-9,15H,1-5H2. The molecule has 1 N–H and O–H groups in total. The van der Waals surface area contributed by atoms with E-state index in [1.54, 1.807) is 4.68 Å². The number of aliphatic hydroxyl groups is 1. The quantitative estimate of drug-likeness (QED) is 0.696. The van der Waals surface area contributed by atoms with Gasteiger partial charge >= 0.3 is 0 Å². The van der Waals surface area contributed by atoms with Crippen molar-refractivity contribution in [2.75, 3.05) is 0 Å². The molecular formula is C10H14N4O. The van der Waals surface area contributed by atoms with Crippen molar-refractivity contribution in [3.63, 3.8) is 0 Å². The highest BCUT2D eigenvalue weighted by Crippen LogP contribution is 2.26. The summed E-state index contributed by atoms with van der Waals surface area (Å²) in [6.45, 7) is 0. The lowest BCUT2D eigenvalue weighted by Gasteiger charge is -2.19. The molecule has 0 aromatic carbocycles. The second-order valence-electron chi connectivity index (χ2n) is 3.93. The van der Waals surface area contributed by atoms with Crippen molar-refractivity contribution in [1.82, 2.24) is 14.8 Å². The first kappa shape index (κ1) is 10.1. The highest BCUT2D eigenvalue weighted by atomic mass is 16.3. The van der Waals surface area contributed by atoms with Crippen LogP contribution in [0.4, 0.5) is 0 Å². The molecule has 5 heteroatoms. The molecule has 1 aromatic heterocycles. The third-order valence-corrected chi connectivity index (χ3v) is 2.89. The van der Waals surface area contributed by atoms with Crippen molar-refractivity contribution in [1.29, 1.82) is 5.26 Å². The lowest BCUT2D eigenvalue weighted by molar-refractivity contribution is 0.0988. The predicted octanol–water partition coefficient (Wildman–Crippen LogP) is 1.02. The normalized spacial score (nSPS) is 26.9. The first-order valence-corrected chi connectivity index (χ1v) is 5.30. The number of nitriles is 1. The van der Waals surface area contributed by atoms with E-state index in [0.29, 0.717) is 0 Å². The molecule has 1 aromatic rings. The van der Waals surface area contributed by atoms with Gasteiger partial charge in [-0.05, 0) is 12.8 Å². The van der Waals surface area contributed by atoms with E-state index in [4.69, 9.17) is 5.26 Å². The number of rotatable bonds is 1. The van der Waals surface area contributed by atoms with Crippen LogP contribution in [-0.2, 0) is 0 Å². The molecule has 2 atom stereocenters. The summed E-state index contributed by atoms with van der Waals surface area (Å²) in [5.41, 5.74) is 0. The molecule has 1 saturated carbocycles. The highest BCUT2D eigenvalue weighted by molar-refractivity contribution is 5.05. The summed E-state index contributed by atoms with van der Waals surface area (Å²) >= 11 is 0. The van der Waals surface area contributed by atoms with Gasteiger partial charge < -0.3 is 5.11 Å². The fraction of sp³-hybridized carbons (Fsp3) is 0.700. The van der Waals surface area contributed by atoms with E-state index >= 15 is 0 Å². The molecule has 2 unspecified atom stereocenters. The molecule has 1 heterocycles. The van der Waals surface area contributed by atoms with E-state index in [0.717, 1.165) is 32.1 Å². The average molecular weight is 206 g/mol. The second kappa shape index (κ2) is 4.41. The Balaban J connectivity index is 2.17. The summed E-state index contributed by atoms with van der Waals surface area (Å²) in [4.78, 5) is 3.85. The van der Waals surface area contributed by atoms with Crippen molar-refractivity contribution >= 4 is 0 Å². The van der Waals surface area contributed by atoms with Gasteiger partial charge in [0.2, 0.25) is 0 Å². The Kier molecular flexibility index (Phi) is 2.97. The SMILES string of the molecule is N#Cc1ncn(C2CCCCCC2O)n1. The smallest absolute Gasteiger partial charge is 0.252 e. The molecule has 5 nitrogen and oxygen atoms in total. The molecule has 1 aliphatic carbocycles. The Labute approximate surface area is 88.4 Å². The van der Waals surface area contributed by atoms with Crippen LogP contribution in [0.15, 0.2) is 6.33 Å². The molecule has 0 amide bonds. The maximum Gasteiger partial charge on any atom is 0.252 e. The molecule has 2 rings (SSSR count). The maximum absolute atomic E-state index is 9.91. The molecule has 80 valence electrons. The molecule has 1 fully saturated rings. The van der Waals surface area contributed by atoms with Crippen LogP contribution < -0.4 is 0 Å². The number of hydrogen-bond donors (Lipinski definition) is 1. The van der Waals surface area contributed by atoms with Crippen LogP contribution in [0.1, 0.15) is 44.0 Å². The van der Waals surface area contributed by atoms with Gasteiger partial charge in [0.1, 0.15) is 12.4 Å². The van der Waals surface area contributed by atoms with Crippen LogP contribution in [0.5, 0.6) is 0 Å². The molecule has 0 aliphatic heterocycles. The van der Waals surface area contributed by atoms with Crippen molar-refractivity contribution in [3.05, 3.63) is 12.2 Å². The van der Waals surface area contributed by atoms with Gasteiger partial charge in [-0.1, -0.05) is 19.3 Å². The lowest BCUT2D eigenvalue weighted by Crippen LogP contribution is -2.23.